The Morgan fingerprint density at radius 1 is 1.33 bits per heavy atom. The lowest BCUT2D eigenvalue weighted by Gasteiger charge is -2.16. The first-order valence-electron chi connectivity index (χ1n) is 5.60. The van der Waals surface area contributed by atoms with Gasteiger partial charge in [-0.25, -0.2) is 8.42 Å². The number of alkyl halides is 2. The standard InChI is InChI=1S/C11H14F2N2O2S/c12-11(13)18(16,17)10-4-2-1-3-9(10)15-8-5-6-14-7-8/h1-4,8,11,14-15H,5-7H2. The van der Waals surface area contributed by atoms with E-state index in [0.717, 1.165) is 13.0 Å². The minimum atomic E-state index is -4.57. The molecule has 1 unspecified atom stereocenters. The van der Waals surface area contributed by atoms with Crippen molar-refractivity contribution in [2.75, 3.05) is 18.4 Å². The van der Waals surface area contributed by atoms with E-state index in [1.54, 1.807) is 6.07 Å². The van der Waals surface area contributed by atoms with Crippen molar-refractivity contribution in [2.24, 2.45) is 0 Å². The van der Waals surface area contributed by atoms with Gasteiger partial charge in [0.1, 0.15) is 0 Å². The van der Waals surface area contributed by atoms with Gasteiger partial charge in [-0.3, -0.25) is 0 Å². The highest BCUT2D eigenvalue weighted by atomic mass is 32.2. The van der Waals surface area contributed by atoms with Gasteiger partial charge in [-0.15, -0.1) is 0 Å². The Hall–Kier alpha value is -1.21. The average Bonchev–Trinajstić information content (AvgIpc) is 2.82. The molecule has 0 bridgehead atoms. The Kier molecular flexibility index (Phi) is 3.82. The van der Waals surface area contributed by atoms with Crippen molar-refractivity contribution in [3.63, 3.8) is 0 Å². The third kappa shape index (κ3) is 2.62. The molecule has 1 aromatic rings. The molecule has 0 aromatic heterocycles. The van der Waals surface area contributed by atoms with Gasteiger partial charge < -0.3 is 10.6 Å². The van der Waals surface area contributed by atoms with Crippen LogP contribution in [-0.2, 0) is 9.84 Å². The Morgan fingerprint density at radius 3 is 2.67 bits per heavy atom. The SMILES string of the molecule is O=S(=O)(c1ccccc1NC1CCNC1)C(F)F. The van der Waals surface area contributed by atoms with Crippen LogP contribution >= 0.6 is 0 Å². The summed E-state index contributed by atoms with van der Waals surface area (Å²) in [6.45, 7) is 1.53. The number of para-hydroxylation sites is 1. The summed E-state index contributed by atoms with van der Waals surface area (Å²) in [7, 11) is -4.57. The van der Waals surface area contributed by atoms with Crippen LogP contribution in [0.25, 0.3) is 0 Å². The van der Waals surface area contributed by atoms with Gasteiger partial charge in [0.25, 0.3) is 0 Å². The minimum absolute atomic E-state index is 0.0685. The monoisotopic (exact) mass is 276 g/mol. The molecule has 1 aromatic carbocycles. The molecule has 1 saturated heterocycles. The fraction of sp³-hybridized carbons (Fsp3) is 0.455. The number of sulfone groups is 1. The first-order valence-corrected chi connectivity index (χ1v) is 7.15. The Labute approximate surface area is 104 Å². The molecule has 1 aliphatic rings. The molecule has 0 amide bonds. The highest BCUT2D eigenvalue weighted by Crippen LogP contribution is 2.27. The molecule has 7 heteroatoms. The molecule has 1 atom stereocenters. The number of halogens is 2. The quantitative estimate of drug-likeness (QED) is 0.874. The Balaban J connectivity index is 2.31. The van der Waals surface area contributed by atoms with Crippen LogP contribution in [0.4, 0.5) is 14.5 Å². The summed E-state index contributed by atoms with van der Waals surface area (Å²) < 4.78 is 48.2. The van der Waals surface area contributed by atoms with E-state index in [1.807, 2.05) is 0 Å². The zero-order valence-electron chi connectivity index (χ0n) is 9.57. The Morgan fingerprint density at radius 2 is 2.06 bits per heavy atom. The van der Waals surface area contributed by atoms with E-state index in [-0.39, 0.29) is 16.6 Å². The molecule has 1 fully saturated rings. The predicted molar refractivity (Wildman–Crippen MR) is 64.5 cm³/mol. The molecule has 100 valence electrons. The molecule has 0 radical (unpaired) electrons. The first kappa shape index (κ1) is 13.2. The number of anilines is 1. The van der Waals surface area contributed by atoms with Crippen LogP contribution in [0.2, 0.25) is 0 Å². The summed E-state index contributed by atoms with van der Waals surface area (Å²) in [5.74, 6) is -3.40. The van der Waals surface area contributed by atoms with Crippen molar-refractivity contribution in [3.05, 3.63) is 24.3 Å². The van der Waals surface area contributed by atoms with E-state index < -0.39 is 15.6 Å². The summed E-state index contributed by atoms with van der Waals surface area (Å²) in [5, 5.41) is 6.11. The van der Waals surface area contributed by atoms with Gasteiger partial charge in [0.05, 0.1) is 10.6 Å². The van der Waals surface area contributed by atoms with E-state index in [4.69, 9.17) is 0 Å². The molecule has 1 heterocycles. The van der Waals surface area contributed by atoms with Crippen LogP contribution in [-0.4, -0.2) is 33.3 Å². The highest BCUT2D eigenvalue weighted by molar-refractivity contribution is 7.91. The molecule has 4 nitrogen and oxygen atoms in total. The smallest absolute Gasteiger partial charge is 0.341 e. The maximum Gasteiger partial charge on any atom is 0.341 e. The second kappa shape index (κ2) is 5.19. The van der Waals surface area contributed by atoms with Crippen molar-refractivity contribution in [3.8, 4) is 0 Å². The third-order valence-electron chi connectivity index (χ3n) is 2.85. The first-order chi connectivity index (χ1) is 8.51. The van der Waals surface area contributed by atoms with Gasteiger partial charge in [-0.05, 0) is 25.1 Å². The summed E-state index contributed by atoms with van der Waals surface area (Å²) in [6, 6.07) is 5.83. The van der Waals surface area contributed by atoms with Gasteiger partial charge in [-0.2, -0.15) is 8.78 Å². The second-order valence-electron chi connectivity index (χ2n) is 4.14. The van der Waals surface area contributed by atoms with E-state index in [1.165, 1.54) is 18.2 Å². The van der Waals surface area contributed by atoms with E-state index in [9.17, 15) is 17.2 Å². The van der Waals surface area contributed by atoms with Gasteiger partial charge >= 0.3 is 5.76 Å². The highest BCUT2D eigenvalue weighted by Gasteiger charge is 2.29. The van der Waals surface area contributed by atoms with Crippen LogP contribution in [0.5, 0.6) is 0 Å². The summed E-state index contributed by atoms with van der Waals surface area (Å²) in [5.41, 5.74) is 0.242. The largest absolute Gasteiger partial charge is 0.380 e. The van der Waals surface area contributed by atoms with Crippen LogP contribution in [0.3, 0.4) is 0 Å². The third-order valence-corrected chi connectivity index (χ3v) is 4.29. The van der Waals surface area contributed by atoms with Crippen LogP contribution in [0.1, 0.15) is 6.42 Å². The number of benzene rings is 1. The fourth-order valence-corrected chi connectivity index (χ4v) is 2.82. The lowest BCUT2D eigenvalue weighted by atomic mass is 10.2. The molecule has 0 saturated carbocycles. The summed E-state index contributed by atoms with van der Waals surface area (Å²) in [6.07, 6.45) is 0.836. The summed E-state index contributed by atoms with van der Waals surface area (Å²) >= 11 is 0. The Bertz CT molecular complexity index is 514. The molecular formula is C11H14F2N2O2S. The molecule has 0 aliphatic carbocycles. The maximum atomic E-state index is 12.6. The number of hydrogen-bond donors (Lipinski definition) is 2. The lowest BCUT2D eigenvalue weighted by Crippen LogP contribution is -2.24. The van der Waals surface area contributed by atoms with Crippen molar-refractivity contribution >= 4 is 15.5 Å². The minimum Gasteiger partial charge on any atom is -0.380 e. The zero-order valence-corrected chi connectivity index (χ0v) is 10.4. The zero-order chi connectivity index (χ0) is 13.2. The summed E-state index contributed by atoms with van der Waals surface area (Å²) in [4.78, 5) is -0.341. The van der Waals surface area contributed by atoms with Crippen LogP contribution in [0.15, 0.2) is 29.2 Å². The van der Waals surface area contributed by atoms with Gasteiger partial charge in [0.15, 0.2) is 0 Å². The van der Waals surface area contributed by atoms with E-state index in [2.05, 4.69) is 10.6 Å². The van der Waals surface area contributed by atoms with Crippen LogP contribution < -0.4 is 10.6 Å². The lowest BCUT2D eigenvalue weighted by molar-refractivity contribution is 0.235. The van der Waals surface area contributed by atoms with Gasteiger partial charge in [0.2, 0.25) is 9.84 Å². The van der Waals surface area contributed by atoms with Crippen molar-refractivity contribution < 1.29 is 17.2 Å². The topological polar surface area (TPSA) is 58.2 Å². The second-order valence-corrected chi connectivity index (χ2v) is 6.02. The average molecular weight is 276 g/mol. The van der Waals surface area contributed by atoms with Crippen molar-refractivity contribution in [1.82, 2.24) is 5.32 Å². The predicted octanol–water partition coefficient (Wildman–Crippen LogP) is 1.46. The normalized spacial score (nSPS) is 20.3. The molecule has 0 spiro atoms. The van der Waals surface area contributed by atoms with Gasteiger partial charge in [-0.1, -0.05) is 12.1 Å². The number of nitrogens with one attached hydrogen (secondary N) is 2. The molecule has 1 aliphatic heterocycles. The molecule has 2 rings (SSSR count). The van der Waals surface area contributed by atoms with Gasteiger partial charge in [0, 0.05) is 12.6 Å². The van der Waals surface area contributed by atoms with Crippen molar-refractivity contribution in [2.45, 2.75) is 23.1 Å². The van der Waals surface area contributed by atoms with Crippen molar-refractivity contribution in [1.29, 1.82) is 0 Å². The van der Waals surface area contributed by atoms with E-state index >= 15 is 0 Å². The molecule has 2 N–H and O–H groups in total. The maximum absolute atomic E-state index is 12.6. The molecule has 18 heavy (non-hydrogen) atoms. The van der Waals surface area contributed by atoms with E-state index in [0.29, 0.717) is 6.54 Å². The fourth-order valence-electron chi connectivity index (χ4n) is 1.93. The molecular weight excluding hydrogens is 262 g/mol. The number of hydrogen-bond acceptors (Lipinski definition) is 4. The van der Waals surface area contributed by atoms with Crippen LogP contribution in [0, 0.1) is 0 Å². The number of rotatable bonds is 4.